The molecule has 20 heavy (non-hydrogen) atoms. The Morgan fingerprint density at radius 3 is 2.30 bits per heavy atom. The molecule has 106 valence electrons. The summed E-state index contributed by atoms with van der Waals surface area (Å²) in [7, 11) is 0. The minimum absolute atomic E-state index is 0.299. The van der Waals surface area contributed by atoms with Crippen LogP contribution < -0.4 is 0 Å². The van der Waals surface area contributed by atoms with Crippen molar-refractivity contribution in [1.29, 1.82) is 0 Å². The highest BCUT2D eigenvalue weighted by Gasteiger charge is 2.07. The van der Waals surface area contributed by atoms with E-state index >= 15 is 0 Å². The van der Waals surface area contributed by atoms with Gasteiger partial charge in [-0.1, -0.05) is 49.4 Å². The topological polar surface area (TPSA) is 20.2 Å². The Morgan fingerprint density at radius 2 is 1.65 bits per heavy atom. The first-order chi connectivity index (χ1) is 9.69. The van der Waals surface area contributed by atoms with Crippen LogP contribution in [0.15, 0.2) is 53.4 Å². The van der Waals surface area contributed by atoms with Gasteiger partial charge in [0.2, 0.25) is 0 Å². The zero-order valence-electron chi connectivity index (χ0n) is 12.2. The predicted octanol–water partition coefficient (Wildman–Crippen LogP) is 4.25. The molecule has 0 aliphatic rings. The minimum Gasteiger partial charge on any atom is -0.392 e. The molecule has 0 amide bonds. The van der Waals surface area contributed by atoms with E-state index in [4.69, 9.17) is 0 Å². The Kier molecular flexibility index (Phi) is 5.69. The molecule has 2 aromatic carbocycles. The lowest BCUT2D eigenvalue weighted by Gasteiger charge is -2.12. The molecule has 0 fully saturated rings. The van der Waals surface area contributed by atoms with Crippen LogP contribution >= 0.6 is 11.8 Å². The number of rotatable bonds is 6. The van der Waals surface area contributed by atoms with E-state index in [9.17, 15) is 5.11 Å². The summed E-state index contributed by atoms with van der Waals surface area (Å²) in [5.41, 5.74) is 3.83. The summed E-state index contributed by atoms with van der Waals surface area (Å²) in [6.07, 6.45) is 1.49. The first kappa shape index (κ1) is 15.1. The van der Waals surface area contributed by atoms with Crippen LogP contribution in [0.5, 0.6) is 0 Å². The summed E-state index contributed by atoms with van der Waals surface area (Å²) in [6.45, 7) is 4.26. The lowest BCUT2D eigenvalue weighted by molar-refractivity contribution is 0.200. The molecule has 0 spiro atoms. The van der Waals surface area contributed by atoms with Gasteiger partial charge in [-0.05, 0) is 42.5 Å². The van der Waals surface area contributed by atoms with Gasteiger partial charge in [0, 0.05) is 10.6 Å². The van der Waals surface area contributed by atoms with E-state index in [1.165, 1.54) is 21.6 Å². The molecule has 0 radical (unpaired) electrons. The van der Waals surface area contributed by atoms with Crippen LogP contribution in [-0.2, 0) is 12.8 Å². The van der Waals surface area contributed by atoms with Crippen LogP contribution in [-0.4, -0.2) is 17.0 Å². The zero-order valence-corrected chi connectivity index (χ0v) is 13.0. The predicted molar refractivity (Wildman–Crippen MR) is 87.4 cm³/mol. The van der Waals surface area contributed by atoms with Crippen molar-refractivity contribution in [1.82, 2.24) is 0 Å². The summed E-state index contributed by atoms with van der Waals surface area (Å²) in [6, 6.07) is 16.9. The van der Waals surface area contributed by atoms with Crippen LogP contribution in [0.25, 0.3) is 0 Å². The summed E-state index contributed by atoms with van der Waals surface area (Å²) >= 11 is 1.73. The van der Waals surface area contributed by atoms with Crippen molar-refractivity contribution >= 4 is 11.8 Å². The second-order valence-corrected chi connectivity index (χ2v) is 6.17. The largest absolute Gasteiger partial charge is 0.392 e. The van der Waals surface area contributed by atoms with Crippen LogP contribution in [0.3, 0.4) is 0 Å². The molecule has 0 saturated heterocycles. The number of aliphatic hydroxyl groups excluding tert-OH is 1. The van der Waals surface area contributed by atoms with Crippen molar-refractivity contribution in [2.24, 2.45) is 0 Å². The first-order valence-corrected chi connectivity index (χ1v) is 8.12. The van der Waals surface area contributed by atoms with Crippen LogP contribution in [0, 0.1) is 6.92 Å². The maximum Gasteiger partial charge on any atom is 0.0674 e. The van der Waals surface area contributed by atoms with Crippen LogP contribution in [0.4, 0.5) is 0 Å². The third kappa shape index (κ3) is 4.39. The van der Waals surface area contributed by atoms with Gasteiger partial charge in [0.15, 0.2) is 0 Å². The Bertz CT molecular complexity index is 533. The van der Waals surface area contributed by atoms with E-state index in [1.54, 1.807) is 11.8 Å². The molecule has 0 heterocycles. The highest BCUT2D eigenvalue weighted by Crippen LogP contribution is 2.23. The molecule has 2 rings (SSSR count). The Labute approximate surface area is 126 Å². The third-order valence-corrected chi connectivity index (χ3v) is 4.75. The van der Waals surface area contributed by atoms with Crippen LogP contribution in [0.1, 0.15) is 23.6 Å². The van der Waals surface area contributed by atoms with E-state index in [1.807, 2.05) is 12.1 Å². The number of benzene rings is 2. The lowest BCUT2D eigenvalue weighted by atomic mass is 10.1. The molecule has 0 aromatic heterocycles. The third-order valence-electron chi connectivity index (χ3n) is 3.43. The zero-order chi connectivity index (χ0) is 14.4. The van der Waals surface area contributed by atoms with Crippen molar-refractivity contribution < 1.29 is 5.11 Å². The van der Waals surface area contributed by atoms with Crippen molar-refractivity contribution in [2.45, 2.75) is 37.7 Å². The van der Waals surface area contributed by atoms with E-state index < -0.39 is 0 Å². The van der Waals surface area contributed by atoms with E-state index in [2.05, 4.69) is 50.2 Å². The van der Waals surface area contributed by atoms with Gasteiger partial charge in [-0.2, -0.15) is 0 Å². The number of thioether (sulfide) groups is 1. The van der Waals surface area contributed by atoms with Gasteiger partial charge in [-0.3, -0.25) is 0 Å². The molecular formula is C18H22OS. The number of hydrogen-bond acceptors (Lipinski definition) is 2. The molecular weight excluding hydrogens is 264 g/mol. The van der Waals surface area contributed by atoms with Gasteiger partial charge in [0.1, 0.15) is 0 Å². The fraction of sp³-hybridized carbons (Fsp3) is 0.333. The molecule has 1 nitrogen and oxygen atoms in total. The molecule has 1 N–H and O–H groups in total. The molecule has 1 unspecified atom stereocenters. The molecule has 1 atom stereocenters. The van der Waals surface area contributed by atoms with Gasteiger partial charge >= 0.3 is 0 Å². The fourth-order valence-electron chi connectivity index (χ4n) is 2.15. The summed E-state index contributed by atoms with van der Waals surface area (Å²) < 4.78 is 0. The lowest BCUT2D eigenvalue weighted by Crippen LogP contribution is -2.13. The number of aliphatic hydroxyl groups is 1. The highest BCUT2D eigenvalue weighted by molar-refractivity contribution is 7.99. The Morgan fingerprint density at radius 1 is 1.00 bits per heavy atom. The van der Waals surface area contributed by atoms with Crippen molar-refractivity contribution in [3.8, 4) is 0 Å². The Balaban J connectivity index is 1.86. The fourth-order valence-corrected chi connectivity index (χ4v) is 3.11. The average molecular weight is 286 g/mol. The van der Waals surface area contributed by atoms with Gasteiger partial charge < -0.3 is 5.11 Å². The second kappa shape index (κ2) is 7.51. The standard InChI is InChI=1S/C18H22OS/c1-3-15-8-10-16(11-9-15)12-17(19)13-20-18-7-5-4-6-14(18)2/h4-11,17,19H,3,12-13H2,1-2H3. The number of hydrogen-bond donors (Lipinski definition) is 1. The molecule has 2 heteroatoms. The van der Waals surface area contributed by atoms with E-state index in [0.29, 0.717) is 0 Å². The van der Waals surface area contributed by atoms with Crippen LogP contribution in [0.2, 0.25) is 0 Å². The summed E-state index contributed by atoms with van der Waals surface area (Å²) in [5, 5.41) is 10.2. The van der Waals surface area contributed by atoms with Crippen molar-refractivity contribution in [3.05, 3.63) is 65.2 Å². The quantitative estimate of drug-likeness (QED) is 0.801. The van der Waals surface area contributed by atoms with E-state index in [0.717, 1.165) is 18.6 Å². The SMILES string of the molecule is CCc1ccc(CC(O)CSc2ccccc2C)cc1. The minimum atomic E-state index is -0.299. The average Bonchev–Trinajstić information content (AvgIpc) is 2.47. The van der Waals surface area contributed by atoms with Gasteiger partial charge in [-0.15, -0.1) is 11.8 Å². The maximum absolute atomic E-state index is 10.2. The monoisotopic (exact) mass is 286 g/mol. The van der Waals surface area contributed by atoms with Crippen molar-refractivity contribution in [2.75, 3.05) is 5.75 Å². The molecule has 0 aliphatic heterocycles. The van der Waals surface area contributed by atoms with Gasteiger partial charge in [0.05, 0.1) is 6.10 Å². The summed E-state index contributed by atoms with van der Waals surface area (Å²) in [4.78, 5) is 1.26. The second-order valence-electron chi connectivity index (χ2n) is 5.10. The number of aryl methyl sites for hydroxylation is 2. The molecule has 0 bridgehead atoms. The smallest absolute Gasteiger partial charge is 0.0674 e. The van der Waals surface area contributed by atoms with Gasteiger partial charge in [-0.25, -0.2) is 0 Å². The molecule has 0 aliphatic carbocycles. The maximum atomic E-state index is 10.2. The highest BCUT2D eigenvalue weighted by atomic mass is 32.2. The summed E-state index contributed by atoms with van der Waals surface area (Å²) in [5.74, 6) is 0.736. The molecule has 0 saturated carbocycles. The van der Waals surface area contributed by atoms with Crippen molar-refractivity contribution in [3.63, 3.8) is 0 Å². The first-order valence-electron chi connectivity index (χ1n) is 7.13. The Hall–Kier alpha value is -1.25. The van der Waals surface area contributed by atoms with Gasteiger partial charge in [0.25, 0.3) is 0 Å². The normalized spacial score (nSPS) is 12.3. The molecule has 2 aromatic rings. The van der Waals surface area contributed by atoms with E-state index in [-0.39, 0.29) is 6.10 Å².